The number of esters is 1. The van der Waals surface area contributed by atoms with Crippen molar-refractivity contribution in [1.82, 2.24) is 4.98 Å². The van der Waals surface area contributed by atoms with Crippen LogP contribution in [0.3, 0.4) is 0 Å². The van der Waals surface area contributed by atoms with Crippen molar-refractivity contribution in [3.05, 3.63) is 75.3 Å². The molecule has 0 saturated carbocycles. The lowest BCUT2D eigenvalue weighted by molar-refractivity contribution is -0.115. The molecule has 0 radical (unpaired) electrons. The van der Waals surface area contributed by atoms with Gasteiger partial charge in [0.15, 0.2) is 5.13 Å². The highest BCUT2D eigenvalue weighted by Gasteiger charge is 2.22. The zero-order valence-corrected chi connectivity index (χ0v) is 18.1. The number of hydrogen-bond donors (Lipinski definition) is 0. The summed E-state index contributed by atoms with van der Waals surface area (Å²) < 4.78 is 5.38. The minimum atomic E-state index is -0.395. The number of benzene rings is 2. The largest absolute Gasteiger partial charge is 0.456 e. The molecule has 0 spiro atoms. The molecular weight excluding hydrogens is 384 g/mol. The third kappa shape index (κ3) is 4.71. The molecule has 150 valence electrons. The lowest BCUT2D eigenvalue weighted by Crippen LogP contribution is -2.24. The topological polar surface area (TPSA) is 59.5 Å². The number of rotatable bonds is 5. The van der Waals surface area contributed by atoms with Gasteiger partial charge in [0.2, 0.25) is 5.91 Å². The van der Waals surface area contributed by atoms with E-state index in [0.717, 1.165) is 27.9 Å². The van der Waals surface area contributed by atoms with E-state index in [9.17, 15) is 9.59 Å². The van der Waals surface area contributed by atoms with Crippen LogP contribution in [0.25, 0.3) is 0 Å². The fourth-order valence-corrected chi connectivity index (χ4v) is 4.15. The van der Waals surface area contributed by atoms with Gasteiger partial charge in [0, 0.05) is 12.3 Å². The molecule has 3 aromatic rings. The molecule has 5 nitrogen and oxygen atoms in total. The average Bonchev–Trinajstić information content (AvgIpc) is 3.11. The van der Waals surface area contributed by atoms with Gasteiger partial charge in [-0.25, -0.2) is 9.78 Å². The van der Waals surface area contributed by atoms with Gasteiger partial charge in [-0.05, 0) is 51.0 Å². The van der Waals surface area contributed by atoms with Crippen molar-refractivity contribution in [2.24, 2.45) is 0 Å². The first-order valence-corrected chi connectivity index (χ1v) is 10.2. The number of nitrogens with zero attached hydrogens (tertiary/aromatic N) is 2. The van der Waals surface area contributed by atoms with E-state index in [1.165, 1.54) is 18.3 Å². The van der Waals surface area contributed by atoms with Gasteiger partial charge in [0.1, 0.15) is 6.61 Å². The number of aromatic nitrogens is 1. The zero-order valence-electron chi connectivity index (χ0n) is 17.3. The molecule has 0 unspecified atom stereocenters. The summed E-state index contributed by atoms with van der Waals surface area (Å²) in [6, 6.07) is 11.3. The van der Waals surface area contributed by atoms with Crippen LogP contribution >= 0.6 is 11.3 Å². The Bertz CT molecular complexity index is 1030. The number of thiazole rings is 1. The Morgan fingerprint density at radius 1 is 1.00 bits per heavy atom. The number of ether oxygens (including phenoxy) is 1. The number of carbonyl (C=O) groups excluding carboxylic acids is 2. The number of amides is 1. The molecule has 29 heavy (non-hydrogen) atoms. The maximum absolute atomic E-state index is 12.4. The molecule has 0 atom stereocenters. The lowest BCUT2D eigenvalue weighted by Gasteiger charge is -2.23. The second-order valence-electron chi connectivity index (χ2n) is 7.17. The van der Waals surface area contributed by atoms with E-state index in [1.54, 1.807) is 17.0 Å². The monoisotopic (exact) mass is 408 g/mol. The maximum Gasteiger partial charge on any atom is 0.338 e. The number of aryl methyl sites for hydroxylation is 4. The molecule has 1 aromatic heterocycles. The predicted octanol–water partition coefficient (Wildman–Crippen LogP) is 5.42. The molecule has 0 aliphatic rings. The van der Waals surface area contributed by atoms with Gasteiger partial charge in [-0.3, -0.25) is 9.69 Å². The summed E-state index contributed by atoms with van der Waals surface area (Å²) in [5, 5.41) is 2.38. The smallest absolute Gasteiger partial charge is 0.338 e. The molecule has 0 bridgehead atoms. The highest BCUT2D eigenvalue weighted by atomic mass is 32.1. The Balaban J connectivity index is 1.79. The lowest BCUT2D eigenvalue weighted by atomic mass is 10.0. The molecule has 0 N–H and O–H groups in total. The van der Waals surface area contributed by atoms with Gasteiger partial charge in [-0.2, -0.15) is 0 Å². The molecule has 1 heterocycles. The van der Waals surface area contributed by atoms with Crippen LogP contribution < -0.4 is 4.90 Å². The summed E-state index contributed by atoms with van der Waals surface area (Å²) in [6.07, 6.45) is 0. The first-order chi connectivity index (χ1) is 13.8. The molecular formula is C23H24N2O3S. The van der Waals surface area contributed by atoms with Crippen molar-refractivity contribution in [1.29, 1.82) is 0 Å². The van der Waals surface area contributed by atoms with Crippen molar-refractivity contribution in [3.63, 3.8) is 0 Å². The summed E-state index contributed by atoms with van der Waals surface area (Å²) in [5.41, 5.74) is 6.22. The van der Waals surface area contributed by atoms with Crippen LogP contribution in [0.15, 0.2) is 41.8 Å². The summed E-state index contributed by atoms with van der Waals surface area (Å²) in [4.78, 5) is 30.8. The Hall–Kier alpha value is -2.99. The van der Waals surface area contributed by atoms with Gasteiger partial charge in [0.25, 0.3) is 0 Å². The van der Waals surface area contributed by atoms with E-state index in [1.807, 2.05) is 45.2 Å². The third-order valence-corrected chi connectivity index (χ3v) is 5.42. The molecule has 3 rings (SSSR count). The maximum atomic E-state index is 12.4. The highest BCUT2D eigenvalue weighted by Crippen LogP contribution is 2.34. The van der Waals surface area contributed by atoms with Crippen LogP contribution in [0, 0.1) is 27.7 Å². The summed E-state index contributed by atoms with van der Waals surface area (Å²) >= 11 is 1.35. The SMILES string of the molecule is CC(=O)N(c1nc(COC(=O)c2ccc(C)cc2)cs1)c1c(C)cc(C)cc1C. The van der Waals surface area contributed by atoms with E-state index in [4.69, 9.17) is 4.74 Å². The Kier molecular flexibility index (Phi) is 6.13. The molecule has 2 aromatic carbocycles. The minimum Gasteiger partial charge on any atom is -0.456 e. The number of hydrogen-bond acceptors (Lipinski definition) is 5. The number of carbonyl (C=O) groups is 2. The van der Waals surface area contributed by atoms with Crippen LogP contribution in [-0.4, -0.2) is 16.9 Å². The van der Waals surface area contributed by atoms with Crippen LogP contribution in [0.4, 0.5) is 10.8 Å². The molecule has 6 heteroatoms. The van der Waals surface area contributed by atoms with Crippen LogP contribution in [-0.2, 0) is 16.1 Å². The second-order valence-corrected chi connectivity index (χ2v) is 8.00. The van der Waals surface area contributed by atoms with Gasteiger partial charge < -0.3 is 4.74 Å². The van der Waals surface area contributed by atoms with E-state index in [-0.39, 0.29) is 12.5 Å². The zero-order chi connectivity index (χ0) is 21.1. The standard InChI is InChI=1S/C23H24N2O3S/c1-14-6-8-19(9-7-14)22(27)28-12-20-13-29-23(24-20)25(18(5)26)21-16(3)10-15(2)11-17(21)4/h6-11,13H,12H2,1-5H3. The summed E-state index contributed by atoms with van der Waals surface area (Å²) in [5.74, 6) is -0.509. The van der Waals surface area contributed by atoms with Crippen LogP contribution in [0.2, 0.25) is 0 Å². The van der Waals surface area contributed by atoms with Crippen molar-refractivity contribution in [3.8, 4) is 0 Å². The van der Waals surface area contributed by atoms with Crippen LogP contribution in [0.5, 0.6) is 0 Å². The van der Waals surface area contributed by atoms with Crippen molar-refractivity contribution in [2.45, 2.75) is 41.2 Å². The Labute approximate surface area is 175 Å². The van der Waals surface area contributed by atoms with E-state index < -0.39 is 5.97 Å². The number of anilines is 2. The van der Waals surface area contributed by atoms with Crippen molar-refractivity contribution in [2.75, 3.05) is 4.90 Å². The first kappa shape index (κ1) is 20.7. The first-order valence-electron chi connectivity index (χ1n) is 9.33. The quantitative estimate of drug-likeness (QED) is 0.529. The van der Waals surface area contributed by atoms with Gasteiger partial charge in [-0.1, -0.05) is 35.4 Å². The summed E-state index contributed by atoms with van der Waals surface area (Å²) in [6.45, 7) is 9.56. The normalized spacial score (nSPS) is 10.7. The van der Waals surface area contributed by atoms with Gasteiger partial charge in [-0.15, -0.1) is 11.3 Å². The van der Waals surface area contributed by atoms with E-state index in [2.05, 4.69) is 17.1 Å². The Morgan fingerprint density at radius 3 is 2.21 bits per heavy atom. The van der Waals surface area contributed by atoms with Crippen molar-refractivity contribution >= 4 is 34.0 Å². The fraction of sp³-hybridized carbons (Fsp3) is 0.261. The summed E-state index contributed by atoms with van der Waals surface area (Å²) in [7, 11) is 0. The molecule has 0 saturated heterocycles. The highest BCUT2D eigenvalue weighted by molar-refractivity contribution is 7.14. The molecule has 0 fully saturated rings. The fourth-order valence-electron chi connectivity index (χ4n) is 3.29. The molecule has 1 amide bonds. The molecule has 0 aliphatic carbocycles. The Morgan fingerprint density at radius 2 is 1.62 bits per heavy atom. The van der Waals surface area contributed by atoms with Crippen molar-refractivity contribution < 1.29 is 14.3 Å². The minimum absolute atomic E-state index is 0.0564. The van der Waals surface area contributed by atoms with Crippen LogP contribution in [0.1, 0.15) is 45.2 Å². The van der Waals surface area contributed by atoms with E-state index >= 15 is 0 Å². The van der Waals surface area contributed by atoms with Gasteiger partial charge >= 0.3 is 5.97 Å². The third-order valence-electron chi connectivity index (χ3n) is 4.54. The second kappa shape index (κ2) is 8.57. The average molecular weight is 409 g/mol. The van der Waals surface area contributed by atoms with Gasteiger partial charge in [0.05, 0.1) is 16.9 Å². The van der Waals surface area contributed by atoms with E-state index in [0.29, 0.717) is 16.4 Å². The predicted molar refractivity (Wildman–Crippen MR) is 116 cm³/mol. The molecule has 0 aliphatic heterocycles.